The second-order valence-corrected chi connectivity index (χ2v) is 7.13. The summed E-state index contributed by atoms with van der Waals surface area (Å²) >= 11 is 0. The van der Waals surface area contributed by atoms with Crippen LogP contribution in [0.4, 0.5) is 5.82 Å². The van der Waals surface area contributed by atoms with Gasteiger partial charge in [-0.05, 0) is 53.2 Å². The molecule has 0 aliphatic carbocycles. The number of anilines is 1. The van der Waals surface area contributed by atoms with E-state index in [-0.39, 0.29) is 5.91 Å². The van der Waals surface area contributed by atoms with Crippen LogP contribution in [0.2, 0.25) is 0 Å². The van der Waals surface area contributed by atoms with E-state index in [1.165, 1.54) is 0 Å². The molecule has 152 valence electrons. The molecule has 7 nitrogen and oxygen atoms in total. The first kappa shape index (κ1) is 22.9. The van der Waals surface area contributed by atoms with Crippen LogP contribution in [0.5, 0.6) is 0 Å². The van der Waals surface area contributed by atoms with Gasteiger partial charge in [-0.25, -0.2) is 4.98 Å². The highest BCUT2D eigenvalue weighted by Crippen LogP contribution is 2.05. The summed E-state index contributed by atoms with van der Waals surface area (Å²) < 4.78 is 0. The molecule has 0 saturated heterocycles. The highest BCUT2D eigenvalue weighted by molar-refractivity contribution is 5.90. The highest BCUT2D eigenvalue weighted by Gasteiger charge is 2.12. The normalized spacial score (nSPS) is 12.0. The van der Waals surface area contributed by atoms with Crippen LogP contribution >= 0.6 is 0 Å². The first-order valence-corrected chi connectivity index (χ1v) is 9.83. The SMILES string of the molecule is CCNC(=NCCN(C(C)C)C(C)C)NCCC(=O)Nc1ccc(C)cn1. The van der Waals surface area contributed by atoms with Gasteiger partial charge >= 0.3 is 0 Å². The summed E-state index contributed by atoms with van der Waals surface area (Å²) in [5.41, 5.74) is 1.06. The van der Waals surface area contributed by atoms with Gasteiger partial charge < -0.3 is 16.0 Å². The van der Waals surface area contributed by atoms with E-state index < -0.39 is 0 Å². The molecule has 0 saturated carbocycles. The Balaban J connectivity index is 2.42. The standard InChI is InChI=1S/C20H36N6O/c1-7-21-20(23-12-13-26(15(2)3)16(4)5)22-11-10-19(27)25-18-9-8-17(6)14-24-18/h8-9,14-16H,7,10-13H2,1-6H3,(H2,21,22,23)(H,24,25,27). The first-order valence-electron chi connectivity index (χ1n) is 9.83. The van der Waals surface area contributed by atoms with Gasteiger partial charge in [-0.2, -0.15) is 0 Å². The number of aliphatic imine (C=N–C) groups is 1. The molecule has 0 radical (unpaired) electrons. The fourth-order valence-electron chi connectivity index (χ4n) is 2.77. The number of amides is 1. The van der Waals surface area contributed by atoms with Crippen LogP contribution in [-0.2, 0) is 4.79 Å². The van der Waals surface area contributed by atoms with E-state index in [9.17, 15) is 4.79 Å². The van der Waals surface area contributed by atoms with Gasteiger partial charge in [-0.15, -0.1) is 0 Å². The molecule has 1 aromatic rings. The van der Waals surface area contributed by atoms with Crippen molar-refractivity contribution in [2.75, 3.05) is 31.5 Å². The van der Waals surface area contributed by atoms with Crippen molar-refractivity contribution >= 4 is 17.7 Å². The summed E-state index contributed by atoms with van der Waals surface area (Å²) in [5.74, 6) is 1.25. The van der Waals surface area contributed by atoms with Crippen molar-refractivity contribution in [2.24, 2.45) is 4.99 Å². The first-order chi connectivity index (χ1) is 12.8. The van der Waals surface area contributed by atoms with Gasteiger partial charge in [0.1, 0.15) is 5.82 Å². The van der Waals surface area contributed by atoms with E-state index in [1.807, 2.05) is 19.9 Å². The zero-order chi connectivity index (χ0) is 20.2. The fourth-order valence-corrected chi connectivity index (χ4v) is 2.77. The van der Waals surface area contributed by atoms with Crippen LogP contribution in [0.3, 0.4) is 0 Å². The van der Waals surface area contributed by atoms with Crippen LogP contribution < -0.4 is 16.0 Å². The van der Waals surface area contributed by atoms with Gasteiger partial charge in [0.05, 0.1) is 6.54 Å². The lowest BCUT2D eigenvalue weighted by Crippen LogP contribution is -2.41. The molecule has 1 aromatic heterocycles. The third kappa shape index (κ3) is 9.38. The van der Waals surface area contributed by atoms with Crippen LogP contribution in [0.1, 0.15) is 46.6 Å². The Morgan fingerprint density at radius 1 is 1.19 bits per heavy atom. The predicted octanol–water partition coefficient (Wildman–Crippen LogP) is 2.39. The number of nitrogens with one attached hydrogen (secondary N) is 3. The molecular formula is C20H36N6O. The maximum Gasteiger partial charge on any atom is 0.227 e. The number of rotatable bonds is 10. The average molecular weight is 377 g/mol. The number of pyridine rings is 1. The Labute approximate surface area is 164 Å². The van der Waals surface area contributed by atoms with Crippen LogP contribution in [0.25, 0.3) is 0 Å². The molecule has 0 unspecified atom stereocenters. The Hall–Kier alpha value is -2.15. The molecule has 0 spiro atoms. The Kier molecular flexibility index (Phi) is 10.4. The third-order valence-corrected chi connectivity index (χ3v) is 4.12. The average Bonchev–Trinajstić information content (AvgIpc) is 2.60. The molecule has 1 rings (SSSR count). The molecule has 3 N–H and O–H groups in total. The molecule has 27 heavy (non-hydrogen) atoms. The van der Waals surface area contributed by atoms with Gasteiger partial charge in [0.25, 0.3) is 0 Å². The molecule has 0 aromatic carbocycles. The molecule has 0 bridgehead atoms. The molecule has 0 aliphatic rings. The number of aromatic nitrogens is 1. The zero-order valence-electron chi connectivity index (χ0n) is 17.7. The lowest BCUT2D eigenvalue weighted by Gasteiger charge is -2.29. The summed E-state index contributed by atoms with van der Waals surface area (Å²) in [7, 11) is 0. The summed E-state index contributed by atoms with van der Waals surface area (Å²) in [6.07, 6.45) is 2.09. The quantitative estimate of drug-likeness (QED) is 0.431. The minimum absolute atomic E-state index is 0.0690. The second kappa shape index (κ2) is 12.3. The lowest BCUT2D eigenvalue weighted by atomic mass is 10.2. The Morgan fingerprint density at radius 3 is 2.44 bits per heavy atom. The predicted molar refractivity (Wildman–Crippen MR) is 113 cm³/mol. The van der Waals surface area contributed by atoms with Crippen LogP contribution in [-0.4, -0.2) is 60.0 Å². The minimum Gasteiger partial charge on any atom is -0.357 e. The van der Waals surface area contributed by atoms with Crippen LogP contribution in [0.15, 0.2) is 23.3 Å². The van der Waals surface area contributed by atoms with Crippen molar-refractivity contribution in [1.82, 2.24) is 20.5 Å². The Morgan fingerprint density at radius 2 is 1.89 bits per heavy atom. The summed E-state index contributed by atoms with van der Waals surface area (Å²) in [6, 6.07) is 4.72. The van der Waals surface area contributed by atoms with Gasteiger partial charge in [-0.1, -0.05) is 6.07 Å². The van der Waals surface area contributed by atoms with E-state index in [0.29, 0.717) is 37.4 Å². The molecule has 1 heterocycles. The van der Waals surface area contributed by atoms with Crippen molar-refractivity contribution in [3.8, 4) is 0 Å². The maximum absolute atomic E-state index is 12.0. The molecule has 0 atom stereocenters. The van der Waals surface area contributed by atoms with Crippen molar-refractivity contribution < 1.29 is 4.79 Å². The maximum atomic E-state index is 12.0. The van der Waals surface area contributed by atoms with E-state index in [2.05, 4.69) is 58.5 Å². The van der Waals surface area contributed by atoms with Crippen molar-refractivity contribution in [1.29, 1.82) is 0 Å². The largest absolute Gasteiger partial charge is 0.357 e. The molecule has 7 heteroatoms. The lowest BCUT2D eigenvalue weighted by molar-refractivity contribution is -0.116. The van der Waals surface area contributed by atoms with Crippen molar-refractivity contribution in [3.63, 3.8) is 0 Å². The number of hydrogen-bond donors (Lipinski definition) is 3. The smallest absolute Gasteiger partial charge is 0.227 e. The Bertz CT molecular complexity index is 575. The van der Waals surface area contributed by atoms with Crippen LogP contribution in [0, 0.1) is 6.92 Å². The topological polar surface area (TPSA) is 81.7 Å². The number of aryl methyl sites for hydroxylation is 1. The van der Waals surface area contributed by atoms with Gasteiger partial charge in [0.15, 0.2) is 5.96 Å². The van der Waals surface area contributed by atoms with Gasteiger partial charge in [0, 0.05) is 44.3 Å². The summed E-state index contributed by atoms with van der Waals surface area (Å²) in [6.45, 7) is 15.7. The van der Waals surface area contributed by atoms with Crippen molar-refractivity contribution in [2.45, 2.75) is 60.0 Å². The van der Waals surface area contributed by atoms with E-state index in [1.54, 1.807) is 12.3 Å². The number of guanidine groups is 1. The van der Waals surface area contributed by atoms with Crippen molar-refractivity contribution in [3.05, 3.63) is 23.9 Å². The van der Waals surface area contributed by atoms with Gasteiger partial charge in [-0.3, -0.25) is 14.7 Å². The number of hydrogen-bond acceptors (Lipinski definition) is 4. The molecular weight excluding hydrogens is 340 g/mol. The number of nitrogens with zero attached hydrogens (tertiary/aromatic N) is 3. The molecule has 0 fully saturated rings. The minimum atomic E-state index is -0.0690. The summed E-state index contributed by atoms with van der Waals surface area (Å²) in [4.78, 5) is 23.2. The number of carbonyl (C=O) groups is 1. The molecule has 0 aliphatic heterocycles. The monoisotopic (exact) mass is 376 g/mol. The summed E-state index contributed by atoms with van der Waals surface area (Å²) in [5, 5.41) is 9.24. The van der Waals surface area contributed by atoms with E-state index in [4.69, 9.17) is 0 Å². The molecule has 1 amide bonds. The van der Waals surface area contributed by atoms with Gasteiger partial charge in [0.2, 0.25) is 5.91 Å². The highest BCUT2D eigenvalue weighted by atomic mass is 16.1. The van der Waals surface area contributed by atoms with E-state index in [0.717, 1.165) is 24.6 Å². The number of carbonyl (C=O) groups excluding carboxylic acids is 1. The zero-order valence-corrected chi connectivity index (χ0v) is 17.7. The van der Waals surface area contributed by atoms with E-state index >= 15 is 0 Å². The second-order valence-electron chi connectivity index (χ2n) is 7.13. The third-order valence-electron chi connectivity index (χ3n) is 4.12. The fraction of sp³-hybridized carbons (Fsp3) is 0.650.